The monoisotopic (exact) mass is 384 g/mol. The number of benzene rings is 1. The molecule has 0 aliphatic carbocycles. The van der Waals surface area contributed by atoms with E-state index in [2.05, 4.69) is 20.6 Å². The van der Waals surface area contributed by atoms with Gasteiger partial charge in [-0.05, 0) is 50.6 Å². The number of H-pyrrole nitrogens is 1. The molecule has 2 heterocycles. The van der Waals surface area contributed by atoms with E-state index in [1.165, 1.54) is 0 Å². The maximum absolute atomic E-state index is 12.4. The second kappa shape index (κ2) is 7.52. The number of nitrogens with zero attached hydrogens (tertiary/aromatic N) is 1. The van der Waals surface area contributed by atoms with Crippen molar-refractivity contribution in [3.8, 4) is 0 Å². The molecule has 0 aliphatic heterocycles. The van der Waals surface area contributed by atoms with Crippen LogP contribution in [0.3, 0.4) is 0 Å². The number of aromatic nitrogens is 2. The lowest BCUT2D eigenvalue weighted by atomic mass is 10.2. The molecule has 0 spiro atoms. The van der Waals surface area contributed by atoms with Crippen molar-refractivity contribution in [3.63, 3.8) is 0 Å². The van der Waals surface area contributed by atoms with Gasteiger partial charge in [0.15, 0.2) is 0 Å². The van der Waals surface area contributed by atoms with Crippen LogP contribution in [-0.4, -0.2) is 15.9 Å². The van der Waals surface area contributed by atoms with Crippen molar-refractivity contribution in [1.82, 2.24) is 9.97 Å². The van der Waals surface area contributed by atoms with E-state index in [1.54, 1.807) is 11.3 Å². The Labute approximate surface area is 162 Å². The first-order chi connectivity index (χ1) is 12.8. The van der Waals surface area contributed by atoms with Crippen LogP contribution in [0.15, 0.2) is 29.1 Å². The molecular formula is C20H24N4O2S. The third-order valence-corrected chi connectivity index (χ3v) is 5.63. The van der Waals surface area contributed by atoms with Gasteiger partial charge >= 0.3 is 0 Å². The van der Waals surface area contributed by atoms with E-state index in [-0.39, 0.29) is 23.4 Å². The van der Waals surface area contributed by atoms with Crippen LogP contribution in [-0.2, 0) is 4.79 Å². The van der Waals surface area contributed by atoms with Crippen molar-refractivity contribution < 1.29 is 4.79 Å². The maximum Gasteiger partial charge on any atom is 0.259 e. The zero-order chi connectivity index (χ0) is 19.7. The fraction of sp³-hybridized carbons (Fsp3) is 0.350. The molecule has 1 unspecified atom stereocenters. The number of fused-ring (bicyclic) bond motifs is 1. The van der Waals surface area contributed by atoms with Gasteiger partial charge in [0.1, 0.15) is 10.7 Å². The Hall–Kier alpha value is -2.67. The Morgan fingerprint density at radius 1 is 1.11 bits per heavy atom. The highest BCUT2D eigenvalue weighted by Crippen LogP contribution is 2.27. The molecule has 3 aromatic rings. The average Bonchev–Trinajstić information content (AvgIpc) is 2.91. The summed E-state index contributed by atoms with van der Waals surface area (Å²) < 4.78 is 0. The van der Waals surface area contributed by atoms with Gasteiger partial charge < -0.3 is 15.6 Å². The number of nitrogens with one attached hydrogen (secondary N) is 3. The maximum atomic E-state index is 12.4. The molecule has 1 atom stereocenters. The van der Waals surface area contributed by atoms with Gasteiger partial charge in [-0.1, -0.05) is 13.8 Å². The fourth-order valence-electron chi connectivity index (χ4n) is 2.73. The first kappa shape index (κ1) is 19.1. The van der Waals surface area contributed by atoms with Crippen LogP contribution in [0.4, 0.5) is 11.4 Å². The van der Waals surface area contributed by atoms with Crippen LogP contribution >= 0.6 is 11.3 Å². The summed E-state index contributed by atoms with van der Waals surface area (Å²) in [4.78, 5) is 33.6. The number of aromatic amines is 1. The predicted molar refractivity (Wildman–Crippen MR) is 112 cm³/mol. The van der Waals surface area contributed by atoms with Crippen molar-refractivity contribution in [2.45, 2.75) is 40.7 Å². The highest BCUT2D eigenvalue weighted by molar-refractivity contribution is 7.18. The van der Waals surface area contributed by atoms with E-state index in [0.29, 0.717) is 11.2 Å². The molecule has 0 saturated carbocycles. The number of hydrogen-bond acceptors (Lipinski definition) is 5. The third kappa shape index (κ3) is 4.03. The number of anilines is 2. The number of thiophene rings is 1. The number of carbonyl (C=O) groups excluding carboxylic acids is 1. The lowest BCUT2D eigenvalue weighted by Crippen LogP contribution is -2.18. The Kier molecular flexibility index (Phi) is 5.32. The first-order valence-corrected chi connectivity index (χ1v) is 9.75. The molecule has 0 fully saturated rings. The summed E-state index contributed by atoms with van der Waals surface area (Å²) in [5.74, 6) is 0.525. The Balaban J connectivity index is 1.77. The van der Waals surface area contributed by atoms with Crippen molar-refractivity contribution >= 4 is 38.8 Å². The minimum atomic E-state index is -0.166. The van der Waals surface area contributed by atoms with Gasteiger partial charge in [-0.15, -0.1) is 11.3 Å². The second-order valence-electron chi connectivity index (χ2n) is 7.00. The highest BCUT2D eigenvalue weighted by atomic mass is 32.1. The molecule has 6 nitrogen and oxygen atoms in total. The summed E-state index contributed by atoms with van der Waals surface area (Å²) in [6, 6.07) is 7.31. The minimum Gasteiger partial charge on any atom is -0.375 e. The average molecular weight is 385 g/mol. The third-order valence-electron chi connectivity index (χ3n) is 4.53. The summed E-state index contributed by atoms with van der Waals surface area (Å²) in [7, 11) is 0. The van der Waals surface area contributed by atoms with Crippen LogP contribution in [0.1, 0.15) is 43.1 Å². The molecule has 1 aromatic carbocycles. The first-order valence-electron chi connectivity index (χ1n) is 8.93. The number of carbonyl (C=O) groups is 1. The molecule has 142 valence electrons. The van der Waals surface area contributed by atoms with E-state index in [4.69, 9.17) is 0 Å². The number of hydrogen-bond donors (Lipinski definition) is 3. The predicted octanol–water partition coefficient (Wildman–Crippen LogP) is 4.37. The lowest BCUT2D eigenvalue weighted by molar-refractivity contribution is -0.118. The van der Waals surface area contributed by atoms with Gasteiger partial charge in [-0.2, -0.15) is 0 Å². The SMILES string of the molecule is Cc1sc2nc(C(C)Nc3ccc(NC(=O)C(C)C)cc3)[nH]c(=O)c2c1C. The smallest absolute Gasteiger partial charge is 0.259 e. The lowest BCUT2D eigenvalue weighted by Gasteiger charge is -2.15. The Bertz CT molecular complexity index is 1030. The van der Waals surface area contributed by atoms with Gasteiger partial charge in [0.05, 0.1) is 11.4 Å². The molecular weight excluding hydrogens is 360 g/mol. The van der Waals surface area contributed by atoms with Crippen molar-refractivity contribution in [3.05, 3.63) is 50.9 Å². The largest absolute Gasteiger partial charge is 0.375 e. The molecule has 0 aliphatic rings. The zero-order valence-corrected chi connectivity index (χ0v) is 17.0. The van der Waals surface area contributed by atoms with Crippen LogP contribution < -0.4 is 16.2 Å². The van der Waals surface area contributed by atoms with Gasteiger partial charge in [0.25, 0.3) is 5.56 Å². The standard InChI is InChI=1S/C20H24N4O2S/c1-10(2)18(25)22-15-8-6-14(7-9-15)21-12(4)17-23-19(26)16-11(3)13(5)27-20(16)24-17/h6-10,12,21H,1-5H3,(H,22,25)(H,23,24,26). The Morgan fingerprint density at radius 2 is 1.74 bits per heavy atom. The van der Waals surface area contributed by atoms with Gasteiger partial charge in [-0.25, -0.2) is 4.98 Å². The highest BCUT2D eigenvalue weighted by Gasteiger charge is 2.15. The summed E-state index contributed by atoms with van der Waals surface area (Å²) in [5, 5.41) is 6.88. The van der Waals surface area contributed by atoms with E-state index in [0.717, 1.165) is 26.6 Å². The van der Waals surface area contributed by atoms with E-state index < -0.39 is 0 Å². The van der Waals surface area contributed by atoms with Crippen molar-refractivity contribution in [2.24, 2.45) is 5.92 Å². The molecule has 1 amide bonds. The number of rotatable bonds is 5. The van der Waals surface area contributed by atoms with Gasteiger partial charge in [0, 0.05) is 22.2 Å². The van der Waals surface area contributed by atoms with E-state index in [1.807, 2.05) is 58.9 Å². The van der Waals surface area contributed by atoms with Crippen molar-refractivity contribution in [1.29, 1.82) is 0 Å². The molecule has 0 bridgehead atoms. The molecule has 0 saturated heterocycles. The van der Waals surface area contributed by atoms with Crippen LogP contribution in [0.2, 0.25) is 0 Å². The van der Waals surface area contributed by atoms with E-state index >= 15 is 0 Å². The number of aryl methyl sites for hydroxylation is 2. The Morgan fingerprint density at radius 3 is 2.37 bits per heavy atom. The fourth-order valence-corrected chi connectivity index (χ4v) is 3.77. The quantitative estimate of drug-likeness (QED) is 0.610. The van der Waals surface area contributed by atoms with Gasteiger partial charge in [-0.3, -0.25) is 9.59 Å². The normalized spacial score (nSPS) is 12.4. The minimum absolute atomic E-state index is 0.0133. The topological polar surface area (TPSA) is 86.9 Å². The van der Waals surface area contributed by atoms with Crippen LogP contribution in [0.25, 0.3) is 10.2 Å². The van der Waals surface area contributed by atoms with E-state index in [9.17, 15) is 9.59 Å². The molecule has 3 N–H and O–H groups in total. The summed E-state index contributed by atoms with van der Waals surface area (Å²) >= 11 is 1.54. The molecule has 0 radical (unpaired) electrons. The summed E-state index contributed by atoms with van der Waals surface area (Å²) in [5.41, 5.74) is 2.53. The molecule has 3 rings (SSSR count). The molecule has 7 heteroatoms. The zero-order valence-electron chi connectivity index (χ0n) is 16.1. The summed E-state index contributed by atoms with van der Waals surface area (Å²) in [6.07, 6.45) is 0. The second-order valence-corrected chi connectivity index (χ2v) is 8.21. The van der Waals surface area contributed by atoms with Crippen LogP contribution in [0, 0.1) is 19.8 Å². The molecule has 2 aromatic heterocycles. The van der Waals surface area contributed by atoms with Gasteiger partial charge in [0.2, 0.25) is 5.91 Å². The summed E-state index contributed by atoms with van der Waals surface area (Å²) in [6.45, 7) is 9.61. The molecule has 27 heavy (non-hydrogen) atoms. The van der Waals surface area contributed by atoms with Crippen LogP contribution in [0.5, 0.6) is 0 Å². The van der Waals surface area contributed by atoms with Crippen molar-refractivity contribution in [2.75, 3.05) is 10.6 Å². The number of amides is 1.